The van der Waals surface area contributed by atoms with Crippen LogP contribution >= 0.6 is 0 Å². The van der Waals surface area contributed by atoms with Gasteiger partial charge in [0.25, 0.3) is 5.91 Å². The van der Waals surface area contributed by atoms with Crippen LogP contribution in [-0.2, 0) is 9.53 Å². The number of Topliss-reactive ketones (excluding diaryl/α,β-unsaturated/α-hetero) is 1. The molecule has 0 radical (unpaired) electrons. The fourth-order valence-electron chi connectivity index (χ4n) is 6.20. The molecule has 2 amide bonds. The Morgan fingerprint density at radius 1 is 1.23 bits per heavy atom. The van der Waals surface area contributed by atoms with Gasteiger partial charge in [-0.3, -0.25) is 20.0 Å². The number of piperidine rings is 1. The first-order chi connectivity index (χ1) is 19.3. The minimum Gasteiger partial charge on any atom is -0.447 e. The van der Waals surface area contributed by atoms with Crippen LogP contribution in [0.25, 0.3) is 16.8 Å². The van der Waals surface area contributed by atoms with E-state index in [2.05, 4.69) is 20.4 Å². The van der Waals surface area contributed by atoms with Crippen molar-refractivity contribution in [3.8, 4) is 11.1 Å². The molecule has 3 aliphatic rings. The van der Waals surface area contributed by atoms with Crippen LogP contribution in [0.4, 0.5) is 10.6 Å². The number of nitrogens with zero attached hydrogens (tertiary/aromatic N) is 6. The number of nitrogen functional groups attached to an aromatic ring is 1. The maximum absolute atomic E-state index is 12.9. The van der Waals surface area contributed by atoms with Crippen molar-refractivity contribution in [3.05, 3.63) is 41.5 Å². The zero-order valence-corrected chi connectivity index (χ0v) is 21.7. The zero-order chi connectivity index (χ0) is 28.1. The number of hydrogen-bond donors (Lipinski definition) is 4. The summed E-state index contributed by atoms with van der Waals surface area (Å²) >= 11 is 0. The summed E-state index contributed by atoms with van der Waals surface area (Å²) in [4.78, 5) is 52.0. The number of hydrogen-bond acceptors (Lipinski definition) is 9. The fraction of sp³-hybridized carbons (Fsp3) is 0.385. The van der Waals surface area contributed by atoms with E-state index in [1.807, 2.05) is 12.1 Å². The Kier molecular flexibility index (Phi) is 6.16. The van der Waals surface area contributed by atoms with Crippen molar-refractivity contribution in [1.29, 1.82) is 5.41 Å². The average molecular weight is 545 g/mol. The topological polar surface area (TPSA) is 207 Å². The number of aromatic nitrogens is 4. The number of carbonyl (C=O) groups is 3. The number of ether oxygens (including phenoxy) is 1. The number of amidine groups is 1. The third kappa shape index (κ3) is 4.12. The number of alkyl carbamates (subject to hydrolysis) is 1. The van der Waals surface area contributed by atoms with E-state index < -0.39 is 6.09 Å². The summed E-state index contributed by atoms with van der Waals surface area (Å²) in [5.41, 5.74) is 15.9. The number of cyclic esters (lactones) is 1. The summed E-state index contributed by atoms with van der Waals surface area (Å²) in [6.07, 6.45) is 6.41. The Morgan fingerprint density at radius 3 is 2.58 bits per heavy atom. The molecule has 6 N–H and O–H groups in total. The maximum atomic E-state index is 12.9. The number of nitrogens with two attached hydrogens (primary N) is 2. The Hall–Kier alpha value is -4.88. The Morgan fingerprint density at radius 2 is 1.98 bits per heavy atom. The van der Waals surface area contributed by atoms with Crippen LogP contribution in [0.2, 0.25) is 0 Å². The van der Waals surface area contributed by atoms with Crippen LogP contribution in [0, 0.1) is 5.41 Å². The third-order valence-corrected chi connectivity index (χ3v) is 7.97. The normalized spacial score (nSPS) is 24.2. The molecule has 0 spiro atoms. The first-order valence-corrected chi connectivity index (χ1v) is 13.0. The lowest BCUT2D eigenvalue weighted by molar-refractivity contribution is -0.128. The van der Waals surface area contributed by atoms with Crippen LogP contribution in [0.1, 0.15) is 66.3 Å². The second-order valence-electron chi connectivity index (χ2n) is 10.3. The van der Waals surface area contributed by atoms with E-state index in [1.54, 1.807) is 17.3 Å². The molecule has 0 aromatic carbocycles. The molecule has 6 heterocycles. The lowest BCUT2D eigenvalue weighted by atomic mass is 9.85. The molecule has 3 fully saturated rings. The third-order valence-electron chi connectivity index (χ3n) is 7.97. The van der Waals surface area contributed by atoms with Gasteiger partial charge in [-0.15, -0.1) is 0 Å². The summed E-state index contributed by atoms with van der Waals surface area (Å²) in [6.45, 7) is 1.68. The number of nitrogens with one attached hydrogen (secondary N) is 2. The minimum absolute atomic E-state index is 0.0871. The Bertz CT molecular complexity index is 1570. The molecule has 0 saturated carbocycles. The summed E-state index contributed by atoms with van der Waals surface area (Å²) in [6, 6.07) is 3.19. The highest BCUT2D eigenvalue weighted by Gasteiger charge is 2.45. The molecule has 2 unspecified atom stereocenters. The lowest BCUT2D eigenvalue weighted by Crippen LogP contribution is -2.50. The summed E-state index contributed by atoms with van der Waals surface area (Å²) in [5.74, 6) is -0.684. The predicted octanol–water partition coefficient (Wildman–Crippen LogP) is 1.56. The summed E-state index contributed by atoms with van der Waals surface area (Å²) in [7, 11) is 0. The highest BCUT2D eigenvalue weighted by atomic mass is 16.6. The van der Waals surface area contributed by atoms with Gasteiger partial charge in [0.1, 0.15) is 24.8 Å². The zero-order valence-electron chi connectivity index (χ0n) is 21.7. The summed E-state index contributed by atoms with van der Waals surface area (Å²) < 4.78 is 6.43. The molecular weight excluding hydrogens is 516 g/mol. The standard InChI is InChI=1S/C26H28N10O4/c1-12(37)20-21(14-6-15-3-4-16(7-14)35(15)25(38)22(28)31-11-27)34-24-17(9-32-36(24)23(20)29)13-2-5-18(30-8-13)19-10-40-26(39)33-19/h2,5,8-9,11,14-16,19H,3-4,6-7,10,29H2,1H3,(H,33,39)(H3,27,28,31)/t14?,15-,16?,19-/m0/s1. The lowest BCUT2D eigenvalue weighted by Gasteiger charge is -2.39. The van der Waals surface area contributed by atoms with Crippen LogP contribution in [0.5, 0.6) is 0 Å². The Labute approximate surface area is 228 Å². The SMILES string of the molecule is CC(=O)c1c(C2CC3CC[C@@H](C2)N3C(=O)C(N)=NC=N)nc2c(-c3ccc([C@@H]4COC(=O)N4)nc3)cnn2c1N. The average Bonchev–Trinajstić information content (AvgIpc) is 3.63. The largest absolute Gasteiger partial charge is 0.447 e. The second kappa shape index (κ2) is 9.70. The molecule has 3 aromatic heterocycles. The number of aliphatic imine (C=N–C) groups is 1. The van der Waals surface area contributed by atoms with Gasteiger partial charge in [-0.1, -0.05) is 6.07 Å². The molecule has 0 aliphatic carbocycles. The monoisotopic (exact) mass is 544 g/mol. The summed E-state index contributed by atoms with van der Waals surface area (Å²) in [5, 5.41) is 14.3. The Balaban J connectivity index is 1.36. The van der Waals surface area contributed by atoms with E-state index in [1.165, 1.54) is 11.4 Å². The van der Waals surface area contributed by atoms with E-state index in [-0.39, 0.29) is 54.0 Å². The van der Waals surface area contributed by atoms with E-state index in [0.29, 0.717) is 41.0 Å². The molecule has 4 atom stereocenters. The molecule has 40 heavy (non-hydrogen) atoms. The number of pyridine rings is 1. The molecule has 3 saturated heterocycles. The van der Waals surface area contributed by atoms with Crippen molar-refractivity contribution in [1.82, 2.24) is 29.8 Å². The van der Waals surface area contributed by atoms with Gasteiger partial charge in [0.05, 0.1) is 23.1 Å². The number of amides is 2. The molecule has 3 aliphatic heterocycles. The van der Waals surface area contributed by atoms with Gasteiger partial charge in [0.15, 0.2) is 17.3 Å². The van der Waals surface area contributed by atoms with Crippen molar-refractivity contribution in [3.63, 3.8) is 0 Å². The quantitative estimate of drug-likeness (QED) is 0.208. The molecule has 3 aromatic rings. The minimum atomic E-state index is -0.474. The number of rotatable bonds is 5. The predicted molar refractivity (Wildman–Crippen MR) is 144 cm³/mol. The van der Waals surface area contributed by atoms with Gasteiger partial charge < -0.3 is 26.4 Å². The molecule has 14 heteroatoms. The smallest absolute Gasteiger partial charge is 0.407 e. The van der Waals surface area contributed by atoms with Crippen molar-refractivity contribution in [2.75, 3.05) is 12.3 Å². The van der Waals surface area contributed by atoms with Crippen molar-refractivity contribution in [2.24, 2.45) is 10.7 Å². The highest BCUT2D eigenvalue weighted by molar-refractivity contribution is 6.38. The van der Waals surface area contributed by atoms with Crippen molar-refractivity contribution in [2.45, 2.75) is 56.7 Å². The van der Waals surface area contributed by atoms with Gasteiger partial charge in [0, 0.05) is 35.3 Å². The van der Waals surface area contributed by atoms with Crippen molar-refractivity contribution >= 4 is 41.4 Å². The van der Waals surface area contributed by atoms with E-state index in [4.69, 9.17) is 26.6 Å². The first kappa shape index (κ1) is 25.4. The van der Waals surface area contributed by atoms with Gasteiger partial charge in [-0.25, -0.2) is 14.8 Å². The van der Waals surface area contributed by atoms with Crippen LogP contribution in [-0.4, -0.2) is 73.1 Å². The molecule has 6 rings (SSSR count). The molecule has 14 nitrogen and oxygen atoms in total. The van der Waals surface area contributed by atoms with E-state index in [0.717, 1.165) is 24.7 Å². The van der Waals surface area contributed by atoms with E-state index >= 15 is 0 Å². The van der Waals surface area contributed by atoms with Gasteiger partial charge in [0.2, 0.25) is 0 Å². The van der Waals surface area contributed by atoms with Crippen LogP contribution in [0.15, 0.2) is 29.5 Å². The van der Waals surface area contributed by atoms with Gasteiger partial charge in [-0.05, 0) is 38.7 Å². The maximum Gasteiger partial charge on any atom is 0.407 e. The molecular formula is C26H28N10O4. The fourth-order valence-corrected chi connectivity index (χ4v) is 6.20. The highest BCUT2D eigenvalue weighted by Crippen LogP contribution is 2.44. The van der Waals surface area contributed by atoms with E-state index in [9.17, 15) is 14.4 Å². The van der Waals surface area contributed by atoms with Crippen LogP contribution < -0.4 is 16.8 Å². The first-order valence-electron chi connectivity index (χ1n) is 13.0. The number of fused-ring (bicyclic) bond motifs is 3. The van der Waals surface area contributed by atoms with Crippen LogP contribution in [0.3, 0.4) is 0 Å². The van der Waals surface area contributed by atoms with Gasteiger partial charge >= 0.3 is 6.09 Å². The second-order valence-corrected chi connectivity index (χ2v) is 10.3. The van der Waals surface area contributed by atoms with Crippen molar-refractivity contribution < 1.29 is 19.1 Å². The molecule has 206 valence electrons. The number of ketones is 1. The number of carbonyl (C=O) groups excluding carboxylic acids is 3. The van der Waals surface area contributed by atoms with Gasteiger partial charge in [-0.2, -0.15) is 9.61 Å². The number of anilines is 1. The molecule has 2 bridgehead atoms.